The van der Waals surface area contributed by atoms with Crippen LogP contribution < -0.4 is 0 Å². The fourth-order valence-corrected chi connectivity index (χ4v) is 3.63. The Morgan fingerprint density at radius 1 is 0.889 bits per heavy atom. The van der Waals surface area contributed by atoms with Crippen LogP contribution in [0.4, 0.5) is 0 Å². The zero-order valence-electron chi connectivity index (χ0n) is 11.9. The minimum atomic E-state index is 1.05. The zero-order valence-corrected chi connectivity index (χ0v) is 11.9. The Morgan fingerprint density at radius 2 is 1.33 bits per heavy atom. The van der Waals surface area contributed by atoms with Gasteiger partial charge in [0.15, 0.2) is 0 Å². The van der Waals surface area contributed by atoms with Crippen LogP contribution in [0.3, 0.4) is 0 Å². The Kier molecular flexibility index (Phi) is 4.07. The first-order valence-electron chi connectivity index (χ1n) is 7.45. The number of benzene rings is 1. The van der Waals surface area contributed by atoms with Crippen LogP contribution in [0.1, 0.15) is 67.0 Å². The fourth-order valence-electron chi connectivity index (χ4n) is 3.63. The number of fused-ring (bicyclic) bond motifs is 2. The standard InChI is InChI=1S/C15H17N.C2H6/c1-2-10-11-5-3-7-13(11)15(9-16)14-8-4-6-12(10)14;1-2/h2-8H2,1H3;1-2H3. The summed E-state index contributed by atoms with van der Waals surface area (Å²) in [5, 5.41) is 9.38. The number of rotatable bonds is 1. The van der Waals surface area contributed by atoms with Gasteiger partial charge in [0.25, 0.3) is 0 Å². The van der Waals surface area contributed by atoms with E-state index in [0.717, 1.165) is 24.8 Å². The van der Waals surface area contributed by atoms with Gasteiger partial charge in [0.05, 0.1) is 11.6 Å². The van der Waals surface area contributed by atoms with E-state index >= 15 is 0 Å². The number of nitrogens with zero attached hydrogens (tertiary/aromatic N) is 1. The summed E-state index contributed by atoms with van der Waals surface area (Å²) in [6.45, 7) is 6.26. The number of hydrogen-bond donors (Lipinski definition) is 0. The summed E-state index contributed by atoms with van der Waals surface area (Å²) in [7, 11) is 0. The molecule has 0 atom stereocenters. The van der Waals surface area contributed by atoms with Crippen LogP contribution in [0.15, 0.2) is 0 Å². The van der Waals surface area contributed by atoms with Crippen LogP contribution in [0.5, 0.6) is 0 Å². The van der Waals surface area contributed by atoms with Gasteiger partial charge in [-0.25, -0.2) is 0 Å². The molecule has 0 fully saturated rings. The van der Waals surface area contributed by atoms with Gasteiger partial charge in [-0.05, 0) is 72.8 Å². The molecular formula is C17H23N. The molecular weight excluding hydrogens is 218 g/mol. The van der Waals surface area contributed by atoms with Gasteiger partial charge in [-0.2, -0.15) is 5.26 Å². The molecule has 0 amide bonds. The molecule has 18 heavy (non-hydrogen) atoms. The Bertz CT molecular complexity index is 456. The van der Waals surface area contributed by atoms with Crippen molar-refractivity contribution in [1.29, 1.82) is 5.26 Å². The molecule has 0 spiro atoms. The number of hydrogen-bond acceptors (Lipinski definition) is 1. The highest BCUT2D eigenvalue weighted by molar-refractivity contribution is 5.59. The van der Waals surface area contributed by atoms with Crippen molar-refractivity contribution in [3.05, 3.63) is 33.4 Å². The molecule has 96 valence electrons. The molecule has 0 aromatic heterocycles. The molecule has 1 aromatic rings. The van der Waals surface area contributed by atoms with E-state index in [1.54, 1.807) is 16.7 Å². The van der Waals surface area contributed by atoms with E-state index in [4.69, 9.17) is 0 Å². The minimum Gasteiger partial charge on any atom is -0.192 e. The van der Waals surface area contributed by atoms with E-state index in [0.29, 0.717) is 0 Å². The Morgan fingerprint density at radius 3 is 1.72 bits per heavy atom. The lowest BCUT2D eigenvalue weighted by Crippen LogP contribution is -2.03. The SMILES string of the molecule is CC.CCc1c2c(c(C#N)c3c1CCC3)CCC2. The quantitative estimate of drug-likeness (QED) is 0.725. The van der Waals surface area contributed by atoms with Gasteiger partial charge in [-0.1, -0.05) is 20.8 Å². The van der Waals surface area contributed by atoms with E-state index in [1.165, 1.54) is 36.8 Å². The van der Waals surface area contributed by atoms with Crippen molar-refractivity contribution >= 4 is 0 Å². The molecule has 0 aliphatic heterocycles. The smallest absolute Gasteiger partial charge is 0.0997 e. The third kappa shape index (κ3) is 1.85. The van der Waals surface area contributed by atoms with Crippen LogP contribution in [0.2, 0.25) is 0 Å². The van der Waals surface area contributed by atoms with Gasteiger partial charge >= 0.3 is 0 Å². The van der Waals surface area contributed by atoms with Gasteiger partial charge in [-0.15, -0.1) is 0 Å². The lowest BCUT2D eigenvalue weighted by molar-refractivity contribution is 0.884. The van der Waals surface area contributed by atoms with E-state index in [1.807, 2.05) is 13.8 Å². The van der Waals surface area contributed by atoms with Crippen molar-refractivity contribution < 1.29 is 0 Å². The average Bonchev–Trinajstić information content (AvgIpc) is 3.06. The van der Waals surface area contributed by atoms with Gasteiger partial charge in [0.1, 0.15) is 0 Å². The second-order valence-corrected chi connectivity index (χ2v) is 4.94. The first-order valence-corrected chi connectivity index (χ1v) is 7.45. The molecule has 0 heterocycles. The largest absolute Gasteiger partial charge is 0.192 e. The lowest BCUT2D eigenvalue weighted by atomic mass is 9.88. The summed E-state index contributed by atoms with van der Waals surface area (Å²) < 4.78 is 0. The van der Waals surface area contributed by atoms with E-state index in [9.17, 15) is 5.26 Å². The van der Waals surface area contributed by atoms with Gasteiger partial charge < -0.3 is 0 Å². The monoisotopic (exact) mass is 241 g/mol. The van der Waals surface area contributed by atoms with Crippen LogP contribution >= 0.6 is 0 Å². The summed E-state index contributed by atoms with van der Waals surface area (Å²) >= 11 is 0. The first kappa shape index (κ1) is 13.1. The van der Waals surface area contributed by atoms with Crippen molar-refractivity contribution in [2.24, 2.45) is 0 Å². The maximum Gasteiger partial charge on any atom is 0.0997 e. The molecule has 0 unspecified atom stereocenters. The lowest BCUT2D eigenvalue weighted by Gasteiger charge is -2.15. The molecule has 0 bridgehead atoms. The molecule has 0 saturated heterocycles. The highest BCUT2D eigenvalue weighted by Gasteiger charge is 2.27. The predicted molar refractivity (Wildman–Crippen MR) is 75.9 cm³/mol. The summed E-state index contributed by atoms with van der Waals surface area (Å²) in [5.74, 6) is 0. The molecule has 2 aliphatic carbocycles. The van der Waals surface area contributed by atoms with Gasteiger partial charge in [0.2, 0.25) is 0 Å². The summed E-state index contributed by atoms with van der Waals surface area (Å²) in [6.07, 6.45) is 8.34. The first-order chi connectivity index (χ1) is 8.86. The summed E-state index contributed by atoms with van der Waals surface area (Å²) in [4.78, 5) is 0. The summed E-state index contributed by atoms with van der Waals surface area (Å²) in [5.41, 5.74) is 8.54. The van der Waals surface area contributed by atoms with Crippen LogP contribution in [0.25, 0.3) is 0 Å². The molecule has 1 nitrogen and oxygen atoms in total. The Balaban J connectivity index is 0.000000574. The fraction of sp³-hybridized carbons (Fsp3) is 0.588. The van der Waals surface area contributed by atoms with Crippen molar-refractivity contribution in [2.45, 2.75) is 65.7 Å². The second-order valence-electron chi connectivity index (χ2n) is 4.94. The van der Waals surface area contributed by atoms with Crippen molar-refractivity contribution in [2.75, 3.05) is 0 Å². The highest BCUT2D eigenvalue weighted by atomic mass is 14.3. The normalized spacial score (nSPS) is 15.4. The van der Waals surface area contributed by atoms with Crippen molar-refractivity contribution in [3.8, 4) is 6.07 Å². The topological polar surface area (TPSA) is 23.8 Å². The minimum absolute atomic E-state index is 1.05. The molecule has 1 heteroatoms. The van der Waals surface area contributed by atoms with Crippen LogP contribution in [-0.4, -0.2) is 0 Å². The Hall–Kier alpha value is -1.29. The number of nitriles is 1. The molecule has 2 aliphatic rings. The zero-order chi connectivity index (χ0) is 13.1. The maximum atomic E-state index is 9.38. The molecule has 1 aromatic carbocycles. The van der Waals surface area contributed by atoms with Crippen molar-refractivity contribution in [3.63, 3.8) is 0 Å². The van der Waals surface area contributed by atoms with Crippen LogP contribution in [0, 0.1) is 11.3 Å². The highest BCUT2D eigenvalue weighted by Crippen LogP contribution is 2.38. The Labute approximate surface area is 111 Å². The van der Waals surface area contributed by atoms with E-state index in [-0.39, 0.29) is 0 Å². The third-order valence-corrected chi connectivity index (χ3v) is 4.23. The second kappa shape index (κ2) is 5.57. The van der Waals surface area contributed by atoms with Crippen molar-refractivity contribution in [1.82, 2.24) is 0 Å². The van der Waals surface area contributed by atoms with E-state index in [2.05, 4.69) is 13.0 Å². The predicted octanol–water partition coefficient (Wildman–Crippen LogP) is 4.12. The molecule has 0 radical (unpaired) electrons. The van der Waals surface area contributed by atoms with E-state index < -0.39 is 0 Å². The van der Waals surface area contributed by atoms with Crippen LogP contribution in [-0.2, 0) is 32.1 Å². The third-order valence-electron chi connectivity index (χ3n) is 4.23. The van der Waals surface area contributed by atoms with Gasteiger partial charge in [0, 0.05) is 0 Å². The molecule has 0 saturated carbocycles. The molecule has 0 N–H and O–H groups in total. The van der Waals surface area contributed by atoms with Gasteiger partial charge in [-0.3, -0.25) is 0 Å². The summed E-state index contributed by atoms with van der Waals surface area (Å²) in [6, 6.07) is 2.48. The maximum absolute atomic E-state index is 9.38. The molecule has 3 rings (SSSR count). The average molecular weight is 241 g/mol.